The van der Waals surface area contributed by atoms with Gasteiger partial charge in [0.15, 0.2) is 0 Å². The van der Waals surface area contributed by atoms with Crippen LogP contribution in [0.4, 0.5) is 0 Å². The lowest BCUT2D eigenvalue weighted by Crippen LogP contribution is -2.45. The van der Waals surface area contributed by atoms with Crippen molar-refractivity contribution in [2.24, 2.45) is 11.7 Å². The van der Waals surface area contributed by atoms with Crippen LogP contribution in [0, 0.1) is 5.92 Å². The molecule has 0 aliphatic carbocycles. The van der Waals surface area contributed by atoms with E-state index in [1.165, 1.54) is 45.5 Å². The van der Waals surface area contributed by atoms with E-state index in [1.54, 1.807) is 0 Å². The number of unbranched alkanes of at least 4 members (excludes halogenated alkanes) is 2. The molecule has 5 rings (SSSR count). The van der Waals surface area contributed by atoms with Crippen LogP contribution >= 0.6 is 0 Å². The quantitative estimate of drug-likeness (QED) is 0.112. The lowest BCUT2D eigenvalue weighted by Gasteiger charge is -2.38. The third kappa shape index (κ3) is 8.62. The maximum atomic E-state index is 5.74. The molecule has 0 amide bonds. The van der Waals surface area contributed by atoms with E-state index in [0.717, 1.165) is 76.5 Å². The average molecular weight is 576 g/mol. The Morgan fingerprint density at radius 1 is 0.837 bits per heavy atom. The zero-order valence-corrected chi connectivity index (χ0v) is 25.7. The molecule has 0 saturated carbocycles. The summed E-state index contributed by atoms with van der Waals surface area (Å²) in [4.78, 5) is 2.44. The molecule has 0 bridgehead atoms. The second kappa shape index (κ2) is 15.6. The summed E-state index contributed by atoms with van der Waals surface area (Å²) in [5.74, 6) is 1.56. The van der Waals surface area contributed by atoms with Gasteiger partial charge in [0.25, 0.3) is 0 Å². The fourth-order valence-electron chi connectivity index (χ4n) is 6.21. The number of rotatable bonds is 16. The molecule has 1 saturated heterocycles. The van der Waals surface area contributed by atoms with Crippen molar-refractivity contribution in [3.8, 4) is 0 Å². The van der Waals surface area contributed by atoms with E-state index in [-0.39, 0.29) is 6.04 Å². The molecule has 1 aliphatic rings. The molecule has 4 aromatic carbocycles. The zero-order chi connectivity index (χ0) is 29.9. The highest BCUT2D eigenvalue weighted by Crippen LogP contribution is 2.25. The van der Waals surface area contributed by atoms with Crippen molar-refractivity contribution >= 4 is 21.5 Å². The first-order valence-corrected chi connectivity index (χ1v) is 16.1. The van der Waals surface area contributed by atoms with Gasteiger partial charge in [-0.25, -0.2) is 0 Å². The molecule has 1 heterocycles. The van der Waals surface area contributed by atoms with E-state index in [9.17, 15) is 0 Å². The molecule has 5 N–H and O–H groups in total. The first kappa shape index (κ1) is 30.7. The highest BCUT2D eigenvalue weighted by Gasteiger charge is 2.25. The maximum absolute atomic E-state index is 5.74. The molecule has 2 atom stereocenters. The van der Waals surface area contributed by atoms with E-state index in [0.29, 0.717) is 5.92 Å². The third-order valence-electron chi connectivity index (χ3n) is 8.76. The number of nitrogens with two attached hydrogens (primary N) is 1. The maximum Gasteiger partial charge on any atom is 0.0947 e. The van der Waals surface area contributed by atoms with Crippen LogP contribution in [0.3, 0.4) is 0 Å². The Bertz CT molecular complexity index is 1490. The second-order valence-corrected chi connectivity index (χ2v) is 12.1. The van der Waals surface area contributed by atoms with Crippen molar-refractivity contribution in [2.45, 2.75) is 51.1 Å². The molecule has 5 heteroatoms. The standard InChI is InChI=1S/C38H49N5/c1-29(41-22-9-3-8-20-39)38(25-31-16-18-34-12-4-6-14-36(34)23-31)43(30(2)42-27-33-11-10-21-40-26-33)28-32-17-19-35-13-5-7-15-37(35)24-32/h4-7,12-19,23-24,33,38,40-42H,1-3,8-11,20-22,25-28,39H2. The minimum absolute atomic E-state index is 0.0200. The first-order valence-electron chi connectivity index (χ1n) is 16.1. The van der Waals surface area contributed by atoms with Crippen LogP contribution in [0.5, 0.6) is 0 Å². The summed E-state index contributed by atoms with van der Waals surface area (Å²) in [6, 6.07) is 30.8. The third-order valence-corrected chi connectivity index (χ3v) is 8.76. The summed E-state index contributed by atoms with van der Waals surface area (Å²) < 4.78 is 0. The van der Waals surface area contributed by atoms with Crippen LogP contribution in [0.1, 0.15) is 43.2 Å². The highest BCUT2D eigenvalue weighted by atomic mass is 15.3. The molecule has 1 fully saturated rings. The largest absolute Gasteiger partial charge is 0.387 e. The molecule has 5 nitrogen and oxygen atoms in total. The SMILES string of the molecule is C=C(NCCCCCN)C(Cc1ccc2ccccc2c1)N(Cc1ccc2ccccc2c1)C(=C)NCC1CCCNC1. The average Bonchev–Trinajstić information content (AvgIpc) is 3.05. The smallest absolute Gasteiger partial charge is 0.0947 e. The van der Waals surface area contributed by atoms with Gasteiger partial charge in [0, 0.05) is 25.3 Å². The Labute approximate surface area is 258 Å². The monoisotopic (exact) mass is 575 g/mol. The van der Waals surface area contributed by atoms with Gasteiger partial charge in [-0.15, -0.1) is 0 Å². The van der Waals surface area contributed by atoms with Crippen molar-refractivity contribution in [3.63, 3.8) is 0 Å². The molecular formula is C38H49N5. The molecule has 0 radical (unpaired) electrons. The topological polar surface area (TPSA) is 65.3 Å². The zero-order valence-electron chi connectivity index (χ0n) is 25.7. The minimum atomic E-state index is 0.0200. The lowest BCUT2D eigenvalue weighted by molar-refractivity contribution is 0.238. The van der Waals surface area contributed by atoms with Gasteiger partial charge in [0.2, 0.25) is 0 Å². The second-order valence-electron chi connectivity index (χ2n) is 12.1. The Hall–Kier alpha value is -3.80. The van der Waals surface area contributed by atoms with Crippen molar-refractivity contribution in [1.82, 2.24) is 20.9 Å². The van der Waals surface area contributed by atoms with Crippen LogP contribution in [0.2, 0.25) is 0 Å². The van der Waals surface area contributed by atoms with Crippen LogP contribution in [0.15, 0.2) is 110 Å². The lowest BCUT2D eigenvalue weighted by atomic mass is 9.97. The van der Waals surface area contributed by atoms with E-state index < -0.39 is 0 Å². The van der Waals surface area contributed by atoms with Gasteiger partial charge in [-0.1, -0.05) is 98.4 Å². The fourth-order valence-corrected chi connectivity index (χ4v) is 6.21. The summed E-state index contributed by atoms with van der Waals surface area (Å²) in [7, 11) is 0. The number of benzene rings is 4. The molecular weight excluding hydrogens is 526 g/mol. The van der Waals surface area contributed by atoms with E-state index >= 15 is 0 Å². The predicted octanol–water partition coefficient (Wildman–Crippen LogP) is 6.70. The van der Waals surface area contributed by atoms with Crippen LogP contribution in [-0.4, -0.2) is 43.7 Å². The number of hydrogen-bond donors (Lipinski definition) is 4. The first-order chi connectivity index (χ1) is 21.1. The van der Waals surface area contributed by atoms with Crippen LogP contribution in [0.25, 0.3) is 21.5 Å². The number of nitrogens with one attached hydrogen (secondary N) is 3. The number of fused-ring (bicyclic) bond motifs is 2. The van der Waals surface area contributed by atoms with Crippen molar-refractivity contribution in [2.75, 3.05) is 32.7 Å². The highest BCUT2D eigenvalue weighted by molar-refractivity contribution is 5.83. The van der Waals surface area contributed by atoms with Gasteiger partial charge in [-0.05, 0) is 96.4 Å². The molecule has 1 aliphatic heterocycles. The van der Waals surface area contributed by atoms with Crippen LogP contribution in [-0.2, 0) is 13.0 Å². The molecule has 0 aromatic heterocycles. The van der Waals surface area contributed by atoms with Crippen molar-refractivity contribution in [3.05, 3.63) is 121 Å². The van der Waals surface area contributed by atoms with Gasteiger partial charge in [0.1, 0.15) is 0 Å². The van der Waals surface area contributed by atoms with Gasteiger partial charge in [-0.3, -0.25) is 0 Å². The summed E-state index contributed by atoms with van der Waals surface area (Å²) >= 11 is 0. The number of hydrogen-bond acceptors (Lipinski definition) is 5. The Kier molecular flexibility index (Phi) is 11.1. The van der Waals surface area contributed by atoms with Crippen LogP contribution < -0.4 is 21.7 Å². The fraction of sp³-hybridized carbons (Fsp3) is 0.368. The molecule has 4 aromatic rings. The van der Waals surface area contributed by atoms with E-state index in [4.69, 9.17) is 5.73 Å². The van der Waals surface area contributed by atoms with Gasteiger partial charge >= 0.3 is 0 Å². The Morgan fingerprint density at radius 3 is 2.19 bits per heavy atom. The summed E-state index contributed by atoms with van der Waals surface area (Å²) in [6.45, 7) is 14.7. The van der Waals surface area contributed by atoms with Crippen molar-refractivity contribution in [1.29, 1.82) is 0 Å². The molecule has 43 heavy (non-hydrogen) atoms. The molecule has 226 valence electrons. The summed E-state index contributed by atoms with van der Waals surface area (Å²) in [6.07, 6.45) is 6.57. The summed E-state index contributed by atoms with van der Waals surface area (Å²) in [5, 5.41) is 16.1. The van der Waals surface area contributed by atoms with Gasteiger partial charge in [-0.2, -0.15) is 0 Å². The minimum Gasteiger partial charge on any atom is -0.387 e. The number of piperidine rings is 1. The number of nitrogens with zero attached hydrogens (tertiary/aromatic N) is 1. The Morgan fingerprint density at radius 2 is 1.51 bits per heavy atom. The normalized spacial score (nSPS) is 15.7. The van der Waals surface area contributed by atoms with Gasteiger partial charge in [0.05, 0.1) is 11.9 Å². The molecule has 2 unspecified atom stereocenters. The Balaban J connectivity index is 1.43. The van der Waals surface area contributed by atoms with E-state index in [1.807, 2.05) is 0 Å². The van der Waals surface area contributed by atoms with Crippen molar-refractivity contribution < 1.29 is 0 Å². The predicted molar refractivity (Wildman–Crippen MR) is 184 cm³/mol. The van der Waals surface area contributed by atoms with Gasteiger partial charge < -0.3 is 26.6 Å². The van der Waals surface area contributed by atoms with E-state index in [2.05, 4.69) is 119 Å². The molecule has 0 spiro atoms. The summed E-state index contributed by atoms with van der Waals surface area (Å²) in [5.41, 5.74) is 9.33.